The summed E-state index contributed by atoms with van der Waals surface area (Å²) < 4.78 is 0. The van der Waals surface area contributed by atoms with Gasteiger partial charge in [-0.25, -0.2) is 9.97 Å². The third kappa shape index (κ3) is 5.47. The van der Waals surface area contributed by atoms with Crippen LogP contribution in [0.3, 0.4) is 0 Å². The monoisotopic (exact) mass is 854 g/mol. The van der Waals surface area contributed by atoms with Gasteiger partial charge in [-0.1, -0.05) is 123 Å². The Bertz CT molecular complexity index is 4300. The summed E-state index contributed by atoms with van der Waals surface area (Å²) >= 11 is 0. The highest BCUT2D eigenvalue weighted by atomic mass is 14.8. The molecule has 0 N–H and O–H groups in total. The summed E-state index contributed by atoms with van der Waals surface area (Å²) in [6, 6.07) is 62.5. The summed E-state index contributed by atoms with van der Waals surface area (Å²) in [6.45, 7) is 9.20. The number of pyridine rings is 4. The fraction of sp³-hybridized carbons (Fsp3) is 0.0794. The number of fused-ring (bicyclic) bond motifs is 18. The Kier molecular flexibility index (Phi) is 7.84. The molecule has 0 aliphatic heterocycles. The van der Waals surface area contributed by atoms with Gasteiger partial charge in [0, 0.05) is 50.5 Å². The molecule has 67 heavy (non-hydrogen) atoms. The molecule has 1 aliphatic rings. The summed E-state index contributed by atoms with van der Waals surface area (Å²) in [5.41, 5.74) is 17.9. The van der Waals surface area contributed by atoms with E-state index in [1.165, 1.54) is 87.6 Å². The van der Waals surface area contributed by atoms with E-state index in [1.807, 2.05) is 24.5 Å². The van der Waals surface area contributed by atoms with E-state index < -0.39 is 0 Å². The molecule has 0 radical (unpaired) electrons. The minimum atomic E-state index is -0.228. The molecule has 0 spiro atoms. The highest BCUT2D eigenvalue weighted by Gasteiger charge is 2.36. The van der Waals surface area contributed by atoms with Gasteiger partial charge in [-0.3, -0.25) is 9.97 Å². The molecule has 4 heterocycles. The second-order valence-corrected chi connectivity index (χ2v) is 19.1. The van der Waals surface area contributed by atoms with Crippen LogP contribution in [0.5, 0.6) is 0 Å². The second kappa shape index (κ2) is 13.8. The fourth-order valence-electron chi connectivity index (χ4n) is 11.6. The molecule has 14 rings (SSSR count). The molecule has 0 fully saturated rings. The molecule has 4 aromatic heterocycles. The van der Waals surface area contributed by atoms with Gasteiger partial charge in [-0.15, -0.1) is 0 Å². The topological polar surface area (TPSA) is 51.6 Å². The first-order chi connectivity index (χ1) is 32.8. The summed E-state index contributed by atoms with van der Waals surface area (Å²) in [7, 11) is 0. The number of nitrogens with zero attached hydrogens (tertiary/aromatic N) is 4. The van der Waals surface area contributed by atoms with Crippen molar-refractivity contribution in [3.63, 3.8) is 0 Å². The third-order valence-electron chi connectivity index (χ3n) is 15.0. The Morgan fingerprint density at radius 1 is 0.328 bits per heavy atom. The maximum atomic E-state index is 5.37. The van der Waals surface area contributed by atoms with E-state index in [9.17, 15) is 0 Å². The summed E-state index contributed by atoms with van der Waals surface area (Å²) in [5.74, 6) is 0. The lowest BCUT2D eigenvalue weighted by Crippen LogP contribution is -2.15. The quantitative estimate of drug-likeness (QED) is 0.166. The molecule has 0 unspecified atom stereocenters. The van der Waals surface area contributed by atoms with Crippen LogP contribution >= 0.6 is 0 Å². The third-order valence-corrected chi connectivity index (χ3v) is 15.0. The van der Waals surface area contributed by atoms with Crippen molar-refractivity contribution in [1.29, 1.82) is 0 Å². The molecule has 0 atom stereocenters. The summed E-state index contributed by atoms with van der Waals surface area (Å²) in [4.78, 5) is 20.1. The van der Waals surface area contributed by atoms with Gasteiger partial charge >= 0.3 is 0 Å². The lowest BCUT2D eigenvalue weighted by atomic mass is 9.80. The Balaban J connectivity index is 0.881. The average Bonchev–Trinajstić information content (AvgIpc) is 3.60. The van der Waals surface area contributed by atoms with E-state index in [1.54, 1.807) is 0 Å². The van der Waals surface area contributed by atoms with E-state index >= 15 is 0 Å². The van der Waals surface area contributed by atoms with Gasteiger partial charge in [-0.05, 0) is 162 Å². The Morgan fingerprint density at radius 2 is 0.866 bits per heavy atom. The molecule has 4 nitrogen and oxygen atoms in total. The zero-order valence-corrected chi connectivity index (χ0v) is 37.6. The standard InChI is InChI=1S/C63H42N4/c1-35-30-50(58-25-21-38-18-17-37-11-9-27-64-59(37)60(38)67-58)36(2)29-49(35)39-19-22-45-51(31-39)43-14-7-8-15-44(43)52-33-54-46-23-20-40(32-55(46)63(3,4)56(54)34-53(45)52)57-26-24-48-42-13-6-5-12-41(42)47-16-10-28-65-61(47)62(48)66-57/h5-34H,1-4H3. The molecule has 0 bridgehead atoms. The molecule has 9 aromatic carbocycles. The zero-order valence-electron chi connectivity index (χ0n) is 37.6. The molecule has 314 valence electrons. The smallest absolute Gasteiger partial charge is 0.0978 e. The van der Waals surface area contributed by atoms with Crippen LogP contribution in [0.15, 0.2) is 182 Å². The molecule has 0 amide bonds. The van der Waals surface area contributed by atoms with Crippen LogP contribution in [-0.2, 0) is 5.41 Å². The van der Waals surface area contributed by atoms with Crippen LogP contribution in [0.4, 0.5) is 0 Å². The van der Waals surface area contributed by atoms with Crippen molar-refractivity contribution in [2.45, 2.75) is 33.1 Å². The van der Waals surface area contributed by atoms with Crippen molar-refractivity contribution in [2.24, 2.45) is 0 Å². The molecule has 0 saturated carbocycles. The van der Waals surface area contributed by atoms with Crippen LogP contribution in [0.2, 0.25) is 0 Å². The van der Waals surface area contributed by atoms with Gasteiger partial charge in [-0.2, -0.15) is 0 Å². The van der Waals surface area contributed by atoms with Gasteiger partial charge in [0.15, 0.2) is 0 Å². The predicted octanol–water partition coefficient (Wildman–Crippen LogP) is 16.4. The molecular weight excluding hydrogens is 813 g/mol. The Morgan fingerprint density at radius 3 is 1.66 bits per heavy atom. The lowest BCUT2D eigenvalue weighted by Gasteiger charge is -2.23. The second-order valence-electron chi connectivity index (χ2n) is 19.1. The van der Waals surface area contributed by atoms with E-state index in [4.69, 9.17) is 19.9 Å². The van der Waals surface area contributed by atoms with Crippen molar-refractivity contribution >= 4 is 86.7 Å². The molecule has 1 aliphatic carbocycles. The van der Waals surface area contributed by atoms with Crippen molar-refractivity contribution in [1.82, 2.24) is 19.9 Å². The van der Waals surface area contributed by atoms with Crippen LogP contribution < -0.4 is 0 Å². The Hall–Kier alpha value is -8.34. The van der Waals surface area contributed by atoms with Gasteiger partial charge < -0.3 is 0 Å². The number of aromatic nitrogens is 4. The minimum Gasteiger partial charge on any atom is -0.254 e. The van der Waals surface area contributed by atoms with Crippen molar-refractivity contribution < 1.29 is 0 Å². The number of rotatable bonds is 3. The SMILES string of the molecule is Cc1cc(-c2ccc3ccc4cccnc4c3n2)c(C)cc1-c1ccc2c(c1)c1ccccc1c1cc3c(cc21)C(C)(C)c1cc(-c2ccc4c5ccccc5c5cccnc5c4n2)ccc1-3. The van der Waals surface area contributed by atoms with Crippen molar-refractivity contribution in [2.75, 3.05) is 0 Å². The van der Waals surface area contributed by atoms with Crippen LogP contribution in [-0.4, -0.2) is 19.9 Å². The van der Waals surface area contributed by atoms with E-state index in [0.29, 0.717) is 0 Å². The van der Waals surface area contributed by atoms with E-state index in [2.05, 4.69) is 185 Å². The molecule has 4 heteroatoms. The summed E-state index contributed by atoms with van der Waals surface area (Å²) in [5, 5.41) is 14.5. The lowest BCUT2D eigenvalue weighted by molar-refractivity contribution is 0.661. The van der Waals surface area contributed by atoms with Gasteiger partial charge in [0.1, 0.15) is 0 Å². The van der Waals surface area contributed by atoms with Gasteiger partial charge in [0.05, 0.1) is 33.5 Å². The van der Waals surface area contributed by atoms with Crippen LogP contribution in [0.25, 0.3) is 131 Å². The molecule has 0 saturated heterocycles. The number of benzene rings is 9. The first-order valence-electron chi connectivity index (χ1n) is 23.2. The van der Waals surface area contributed by atoms with E-state index in [0.717, 1.165) is 66.1 Å². The van der Waals surface area contributed by atoms with E-state index in [-0.39, 0.29) is 5.41 Å². The maximum Gasteiger partial charge on any atom is 0.0978 e. The summed E-state index contributed by atoms with van der Waals surface area (Å²) in [6.07, 6.45) is 3.73. The highest BCUT2D eigenvalue weighted by molar-refractivity contribution is 6.27. The Labute approximate surface area is 387 Å². The number of aryl methyl sites for hydroxylation is 2. The van der Waals surface area contributed by atoms with Crippen molar-refractivity contribution in [3.8, 4) is 44.8 Å². The number of hydrogen-bond acceptors (Lipinski definition) is 4. The fourth-order valence-corrected chi connectivity index (χ4v) is 11.6. The van der Waals surface area contributed by atoms with Gasteiger partial charge in [0.25, 0.3) is 0 Å². The largest absolute Gasteiger partial charge is 0.254 e. The highest BCUT2D eigenvalue weighted by Crippen LogP contribution is 2.52. The van der Waals surface area contributed by atoms with Crippen molar-refractivity contribution in [3.05, 3.63) is 205 Å². The first-order valence-corrected chi connectivity index (χ1v) is 23.2. The maximum absolute atomic E-state index is 5.37. The minimum absolute atomic E-state index is 0.228. The predicted molar refractivity (Wildman–Crippen MR) is 281 cm³/mol. The zero-order chi connectivity index (χ0) is 44.7. The molecule has 13 aromatic rings. The van der Waals surface area contributed by atoms with Crippen LogP contribution in [0.1, 0.15) is 36.1 Å². The average molecular weight is 855 g/mol. The normalized spacial score (nSPS) is 13.2. The van der Waals surface area contributed by atoms with Crippen LogP contribution in [0, 0.1) is 13.8 Å². The van der Waals surface area contributed by atoms with Gasteiger partial charge in [0.2, 0.25) is 0 Å². The first kappa shape index (κ1) is 38.0. The molecular formula is C63H42N4. The number of hydrogen-bond donors (Lipinski definition) is 0.